The molecule has 4 rings (SSSR count). The summed E-state index contributed by atoms with van der Waals surface area (Å²) in [4.78, 5) is 32.0. The zero-order valence-corrected chi connectivity index (χ0v) is 18.7. The number of carbonyl (C=O) groups is 2. The van der Waals surface area contributed by atoms with E-state index in [1.807, 2.05) is 59.5 Å². The van der Waals surface area contributed by atoms with Crippen LogP contribution >= 0.6 is 0 Å². The molecule has 1 N–H and O–H groups in total. The van der Waals surface area contributed by atoms with Crippen LogP contribution in [-0.2, 0) is 9.59 Å². The molecule has 0 unspecified atom stereocenters. The average molecular weight is 433 g/mol. The van der Waals surface area contributed by atoms with Crippen LogP contribution in [0.15, 0.2) is 60.7 Å². The highest BCUT2D eigenvalue weighted by Gasteiger charge is 2.27. The normalized spacial score (nSPS) is 18.2. The zero-order chi connectivity index (χ0) is 22.3. The maximum Gasteiger partial charge on any atom is 0.246 e. The van der Waals surface area contributed by atoms with E-state index in [2.05, 4.69) is 28.2 Å². The summed E-state index contributed by atoms with van der Waals surface area (Å²) in [6.45, 7) is 5.17. The first kappa shape index (κ1) is 22.1. The Bertz CT molecular complexity index is 943. The van der Waals surface area contributed by atoms with Crippen molar-refractivity contribution in [2.45, 2.75) is 12.8 Å². The molecule has 6 heteroatoms. The van der Waals surface area contributed by atoms with E-state index in [0.29, 0.717) is 25.9 Å². The average Bonchev–Trinajstić information content (AvgIpc) is 2.84. The van der Waals surface area contributed by atoms with E-state index in [-0.39, 0.29) is 17.7 Å². The fourth-order valence-corrected chi connectivity index (χ4v) is 4.34. The molecule has 0 aliphatic carbocycles. The number of amides is 2. The van der Waals surface area contributed by atoms with Crippen LogP contribution in [0.3, 0.4) is 0 Å². The maximum absolute atomic E-state index is 13.0. The molecular formula is C26H32N4O2. The molecule has 0 saturated carbocycles. The second-order valence-electron chi connectivity index (χ2n) is 8.64. The Morgan fingerprint density at radius 3 is 2.25 bits per heavy atom. The van der Waals surface area contributed by atoms with Gasteiger partial charge in [0.15, 0.2) is 0 Å². The Morgan fingerprint density at radius 1 is 0.875 bits per heavy atom. The minimum atomic E-state index is -0.0716. The van der Waals surface area contributed by atoms with Crippen LogP contribution in [0.25, 0.3) is 6.08 Å². The number of rotatable bonds is 5. The fourth-order valence-electron chi connectivity index (χ4n) is 4.34. The summed E-state index contributed by atoms with van der Waals surface area (Å²) >= 11 is 0. The molecule has 2 aliphatic heterocycles. The van der Waals surface area contributed by atoms with Gasteiger partial charge in [-0.05, 0) is 43.7 Å². The summed E-state index contributed by atoms with van der Waals surface area (Å²) in [7, 11) is 2.14. The van der Waals surface area contributed by atoms with Gasteiger partial charge in [-0.1, -0.05) is 42.5 Å². The maximum atomic E-state index is 13.0. The second kappa shape index (κ2) is 10.5. The van der Waals surface area contributed by atoms with Crippen LogP contribution in [0.1, 0.15) is 18.4 Å². The smallest absolute Gasteiger partial charge is 0.246 e. The molecule has 2 aromatic carbocycles. The number of anilines is 2. The van der Waals surface area contributed by atoms with E-state index in [9.17, 15) is 9.59 Å². The van der Waals surface area contributed by atoms with E-state index in [1.165, 1.54) is 0 Å². The molecule has 2 heterocycles. The monoisotopic (exact) mass is 432 g/mol. The first-order valence-electron chi connectivity index (χ1n) is 11.5. The molecule has 6 nitrogen and oxygen atoms in total. The lowest BCUT2D eigenvalue weighted by molar-refractivity contribution is -0.130. The molecule has 0 radical (unpaired) electrons. The van der Waals surface area contributed by atoms with Gasteiger partial charge in [0.1, 0.15) is 0 Å². The Labute approximate surface area is 190 Å². The molecule has 0 atom stereocenters. The first-order valence-corrected chi connectivity index (χ1v) is 11.5. The van der Waals surface area contributed by atoms with Crippen molar-refractivity contribution in [3.05, 3.63) is 66.2 Å². The number of nitrogens with zero attached hydrogens (tertiary/aromatic N) is 3. The van der Waals surface area contributed by atoms with Crippen molar-refractivity contribution >= 4 is 29.3 Å². The second-order valence-corrected chi connectivity index (χ2v) is 8.64. The van der Waals surface area contributed by atoms with Crippen molar-refractivity contribution in [1.29, 1.82) is 0 Å². The van der Waals surface area contributed by atoms with Crippen LogP contribution in [0.2, 0.25) is 0 Å². The van der Waals surface area contributed by atoms with Gasteiger partial charge >= 0.3 is 0 Å². The highest BCUT2D eigenvalue weighted by atomic mass is 16.2. The third-order valence-corrected chi connectivity index (χ3v) is 6.40. The van der Waals surface area contributed by atoms with Gasteiger partial charge in [0.2, 0.25) is 11.8 Å². The number of likely N-dealkylation sites (tertiary alicyclic amines) is 1. The van der Waals surface area contributed by atoms with Crippen molar-refractivity contribution in [3.8, 4) is 0 Å². The Balaban J connectivity index is 1.31. The van der Waals surface area contributed by atoms with E-state index in [4.69, 9.17) is 0 Å². The molecule has 168 valence electrons. The highest BCUT2D eigenvalue weighted by molar-refractivity contribution is 5.96. The predicted molar refractivity (Wildman–Crippen MR) is 130 cm³/mol. The van der Waals surface area contributed by atoms with Crippen LogP contribution in [-0.4, -0.2) is 67.9 Å². The van der Waals surface area contributed by atoms with Gasteiger partial charge < -0.3 is 20.0 Å². The molecule has 2 amide bonds. The summed E-state index contributed by atoms with van der Waals surface area (Å²) in [5.74, 6) is -0.00988. The minimum Gasteiger partial charge on any atom is -0.367 e. The fraction of sp³-hybridized carbons (Fsp3) is 0.385. The Kier molecular flexibility index (Phi) is 7.22. The molecule has 2 fully saturated rings. The Morgan fingerprint density at radius 2 is 1.53 bits per heavy atom. The summed E-state index contributed by atoms with van der Waals surface area (Å²) in [5.41, 5.74) is 2.98. The van der Waals surface area contributed by atoms with E-state index >= 15 is 0 Å². The van der Waals surface area contributed by atoms with Crippen LogP contribution in [0, 0.1) is 5.92 Å². The lowest BCUT2D eigenvalue weighted by Crippen LogP contribution is -2.45. The van der Waals surface area contributed by atoms with Gasteiger partial charge in [-0.25, -0.2) is 0 Å². The van der Waals surface area contributed by atoms with Gasteiger partial charge in [-0.2, -0.15) is 0 Å². The van der Waals surface area contributed by atoms with Gasteiger partial charge in [0, 0.05) is 51.3 Å². The summed E-state index contributed by atoms with van der Waals surface area (Å²) in [5, 5.41) is 3.17. The quantitative estimate of drug-likeness (QED) is 0.737. The van der Waals surface area contributed by atoms with Crippen molar-refractivity contribution in [3.63, 3.8) is 0 Å². The summed E-state index contributed by atoms with van der Waals surface area (Å²) in [6.07, 6.45) is 4.85. The highest BCUT2D eigenvalue weighted by Crippen LogP contribution is 2.28. The number of nitrogens with one attached hydrogen (secondary N) is 1. The summed E-state index contributed by atoms with van der Waals surface area (Å²) < 4.78 is 0. The number of piperazine rings is 1. The molecule has 0 spiro atoms. The topological polar surface area (TPSA) is 55.9 Å². The minimum absolute atomic E-state index is 0.00752. The van der Waals surface area contributed by atoms with Crippen molar-refractivity contribution < 1.29 is 9.59 Å². The number of likely N-dealkylation sites (N-methyl/N-ethyl adjacent to an activating group) is 1. The Hall–Kier alpha value is -3.12. The number of carbonyl (C=O) groups excluding carboxylic acids is 2. The van der Waals surface area contributed by atoms with Gasteiger partial charge in [-0.3, -0.25) is 9.59 Å². The van der Waals surface area contributed by atoms with Crippen molar-refractivity contribution in [1.82, 2.24) is 9.80 Å². The van der Waals surface area contributed by atoms with E-state index in [0.717, 1.165) is 43.1 Å². The van der Waals surface area contributed by atoms with Crippen molar-refractivity contribution in [2.75, 3.05) is 56.5 Å². The van der Waals surface area contributed by atoms with Crippen LogP contribution in [0.5, 0.6) is 0 Å². The number of hydrogen-bond donors (Lipinski definition) is 1. The third-order valence-electron chi connectivity index (χ3n) is 6.40. The molecule has 2 aromatic rings. The van der Waals surface area contributed by atoms with Crippen LogP contribution < -0.4 is 10.2 Å². The number of hydrogen-bond acceptors (Lipinski definition) is 4. The van der Waals surface area contributed by atoms with Crippen LogP contribution in [0.4, 0.5) is 11.4 Å². The largest absolute Gasteiger partial charge is 0.367 e. The lowest BCUT2D eigenvalue weighted by Gasteiger charge is -2.35. The molecule has 2 saturated heterocycles. The number of para-hydroxylation sites is 2. The summed E-state index contributed by atoms with van der Waals surface area (Å²) in [6, 6.07) is 17.9. The molecule has 0 aromatic heterocycles. The van der Waals surface area contributed by atoms with Gasteiger partial charge in [0.25, 0.3) is 0 Å². The molecule has 32 heavy (non-hydrogen) atoms. The number of benzene rings is 2. The predicted octanol–water partition coefficient (Wildman–Crippen LogP) is 3.33. The standard InChI is InChI=1S/C26H32N4O2/c1-28-17-19-29(20-18-28)24-10-6-5-9-23(24)27-26(32)22-13-15-30(16-14-22)25(31)12-11-21-7-3-2-4-8-21/h2-12,22H,13-20H2,1H3,(H,27,32)/b12-11+. The van der Waals surface area contributed by atoms with Gasteiger partial charge in [0.05, 0.1) is 11.4 Å². The molecule has 0 bridgehead atoms. The van der Waals surface area contributed by atoms with E-state index in [1.54, 1.807) is 6.08 Å². The number of piperidine rings is 1. The van der Waals surface area contributed by atoms with Crippen molar-refractivity contribution in [2.24, 2.45) is 5.92 Å². The molecular weight excluding hydrogens is 400 g/mol. The first-order chi connectivity index (χ1) is 15.6. The van der Waals surface area contributed by atoms with Gasteiger partial charge in [-0.15, -0.1) is 0 Å². The van der Waals surface area contributed by atoms with E-state index < -0.39 is 0 Å². The lowest BCUT2D eigenvalue weighted by atomic mass is 9.95. The zero-order valence-electron chi connectivity index (χ0n) is 18.7. The molecule has 2 aliphatic rings. The third kappa shape index (κ3) is 5.56. The SMILES string of the molecule is CN1CCN(c2ccccc2NC(=O)C2CCN(C(=O)/C=C/c3ccccc3)CC2)CC1.